The molecule has 0 aliphatic heterocycles. The first-order valence-electron chi connectivity index (χ1n) is 8.13. The lowest BCUT2D eigenvalue weighted by Gasteiger charge is -2.15. The van der Waals surface area contributed by atoms with Gasteiger partial charge in [-0.25, -0.2) is 9.97 Å². The summed E-state index contributed by atoms with van der Waals surface area (Å²) in [6.07, 6.45) is -7.98. The fourth-order valence-corrected chi connectivity index (χ4v) is 2.56. The molecule has 5 nitrogen and oxygen atoms in total. The van der Waals surface area contributed by atoms with Gasteiger partial charge in [-0.1, -0.05) is 11.6 Å². The van der Waals surface area contributed by atoms with Gasteiger partial charge in [0, 0.05) is 5.69 Å². The fourth-order valence-electron chi connectivity index (χ4n) is 2.40. The summed E-state index contributed by atoms with van der Waals surface area (Å²) in [5.41, 5.74) is 4.30. The molecule has 1 aromatic heterocycles. The summed E-state index contributed by atoms with van der Waals surface area (Å²) in [5.74, 6) is -0.00371. The number of nitrogen functional groups attached to an aromatic ring is 1. The Kier molecular flexibility index (Phi) is 5.66. The van der Waals surface area contributed by atoms with Gasteiger partial charge in [-0.2, -0.15) is 26.3 Å². The molecule has 0 bridgehead atoms. The average molecular weight is 448 g/mol. The first kappa shape index (κ1) is 21.5. The van der Waals surface area contributed by atoms with Crippen LogP contribution in [0.15, 0.2) is 48.8 Å². The molecule has 3 rings (SSSR count). The number of nitrogens with two attached hydrogens (primary N) is 1. The molecular weight excluding hydrogens is 436 g/mol. The van der Waals surface area contributed by atoms with Crippen molar-refractivity contribution in [3.05, 3.63) is 64.9 Å². The van der Waals surface area contributed by atoms with Crippen LogP contribution in [0.5, 0.6) is 0 Å². The molecule has 12 heteroatoms. The van der Waals surface area contributed by atoms with Gasteiger partial charge in [0.2, 0.25) is 0 Å². The molecule has 0 amide bonds. The van der Waals surface area contributed by atoms with E-state index in [9.17, 15) is 26.3 Å². The number of anilines is 5. The van der Waals surface area contributed by atoms with Gasteiger partial charge in [-0.3, -0.25) is 0 Å². The number of aromatic nitrogens is 2. The molecule has 0 atom stereocenters. The number of hydrogen-bond acceptors (Lipinski definition) is 5. The molecule has 0 unspecified atom stereocenters. The van der Waals surface area contributed by atoms with E-state index in [4.69, 9.17) is 17.3 Å². The second kappa shape index (κ2) is 7.90. The summed E-state index contributed by atoms with van der Waals surface area (Å²) < 4.78 is 76.7. The van der Waals surface area contributed by atoms with Gasteiger partial charge in [0.15, 0.2) is 11.6 Å². The Morgan fingerprint density at radius 2 is 1.30 bits per heavy atom. The maximum atomic E-state index is 12.9. The van der Waals surface area contributed by atoms with E-state index in [2.05, 4.69) is 20.6 Å². The summed E-state index contributed by atoms with van der Waals surface area (Å²) in [4.78, 5) is 7.78. The Morgan fingerprint density at radius 3 is 1.87 bits per heavy atom. The number of rotatable bonds is 4. The zero-order chi connectivity index (χ0) is 22.1. The van der Waals surface area contributed by atoms with Gasteiger partial charge in [0.25, 0.3) is 0 Å². The Morgan fingerprint density at radius 1 is 0.767 bits per heavy atom. The Hall–Kier alpha value is -3.21. The van der Waals surface area contributed by atoms with Crippen LogP contribution in [0, 0.1) is 0 Å². The molecule has 0 saturated carbocycles. The second-order valence-electron chi connectivity index (χ2n) is 6.00. The molecule has 1 heterocycles. The third-order valence-corrected chi connectivity index (χ3v) is 4.24. The van der Waals surface area contributed by atoms with Crippen molar-refractivity contribution in [2.45, 2.75) is 12.4 Å². The van der Waals surface area contributed by atoms with Crippen LogP contribution in [0.4, 0.5) is 55.0 Å². The fraction of sp³-hybridized carbons (Fsp3) is 0.111. The van der Waals surface area contributed by atoms with E-state index in [1.54, 1.807) is 0 Å². The molecule has 4 N–H and O–H groups in total. The summed E-state index contributed by atoms with van der Waals surface area (Å²) in [7, 11) is 0. The molecule has 2 aromatic carbocycles. The normalized spacial score (nSPS) is 12.0. The van der Waals surface area contributed by atoms with Gasteiger partial charge in [-0.15, -0.1) is 0 Å². The monoisotopic (exact) mass is 447 g/mol. The van der Waals surface area contributed by atoms with Crippen LogP contribution < -0.4 is 16.4 Å². The lowest BCUT2D eigenvalue weighted by Crippen LogP contribution is -2.08. The molecule has 0 radical (unpaired) electrons. The minimum Gasteiger partial charge on any atom is -0.393 e. The Bertz CT molecular complexity index is 1050. The van der Waals surface area contributed by atoms with Gasteiger partial charge in [0.05, 0.1) is 21.8 Å². The number of nitrogens with zero attached hydrogens (tertiary/aromatic N) is 2. The van der Waals surface area contributed by atoms with Crippen molar-refractivity contribution in [2.24, 2.45) is 0 Å². The Balaban J connectivity index is 1.86. The highest BCUT2D eigenvalue weighted by Crippen LogP contribution is 2.36. The third-order valence-electron chi connectivity index (χ3n) is 3.91. The van der Waals surface area contributed by atoms with Gasteiger partial charge in [-0.05, 0) is 42.5 Å². The highest BCUT2D eigenvalue weighted by atomic mass is 35.5. The van der Waals surface area contributed by atoms with Crippen molar-refractivity contribution in [2.75, 3.05) is 16.4 Å². The van der Waals surface area contributed by atoms with Crippen molar-refractivity contribution in [1.82, 2.24) is 9.97 Å². The van der Waals surface area contributed by atoms with E-state index in [1.807, 2.05) is 0 Å². The van der Waals surface area contributed by atoms with Crippen molar-refractivity contribution in [3.8, 4) is 0 Å². The molecule has 3 aromatic rings. The SMILES string of the molecule is Nc1c(Nc2ccc(C(F)(F)F)cc2)ncnc1Nc1cc(C(F)(F)F)ccc1Cl. The van der Waals surface area contributed by atoms with Crippen molar-refractivity contribution in [1.29, 1.82) is 0 Å². The molecule has 158 valence electrons. The lowest BCUT2D eigenvalue weighted by atomic mass is 10.2. The maximum absolute atomic E-state index is 12.9. The van der Waals surface area contributed by atoms with Crippen molar-refractivity contribution in [3.63, 3.8) is 0 Å². The summed E-state index contributed by atoms with van der Waals surface area (Å²) in [6, 6.07) is 6.82. The minimum absolute atomic E-state index is 0.00161. The van der Waals surface area contributed by atoms with E-state index in [-0.39, 0.29) is 33.7 Å². The van der Waals surface area contributed by atoms with Crippen LogP contribution in [0.25, 0.3) is 0 Å². The van der Waals surface area contributed by atoms with Crippen LogP contribution in [0.1, 0.15) is 11.1 Å². The minimum atomic E-state index is -4.58. The van der Waals surface area contributed by atoms with Gasteiger partial charge >= 0.3 is 12.4 Å². The van der Waals surface area contributed by atoms with E-state index >= 15 is 0 Å². The topological polar surface area (TPSA) is 75.9 Å². The zero-order valence-corrected chi connectivity index (χ0v) is 15.5. The van der Waals surface area contributed by atoms with Crippen LogP contribution >= 0.6 is 11.6 Å². The molecule has 0 aliphatic rings. The van der Waals surface area contributed by atoms with E-state index in [1.165, 1.54) is 12.1 Å². The largest absolute Gasteiger partial charge is 0.416 e. The van der Waals surface area contributed by atoms with Gasteiger partial charge < -0.3 is 16.4 Å². The molecule has 0 spiro atoms. The average Bonchev–Trinajstić information content (AvgIpc) is 2.65. The number of alkyl halides is 6. The van der Waals surface area contributed by atoms with Crippen LogP contribution in [-0.4, -0.2) is 9.97 Å². The van der Waals surface area contributed by atoms with Crippen molar-refractivity contribution >= 4 is 40.3 Å². The summed E-state index contributed by atoms with van der Waals surface area (Å²) >= 11 is 5.95. The molecule has 0 aliphatic carbocycles. The summed E-state index contributed by atoms with van der Waals surface area (Å²) in [6.45, 7) is 0. The van der Waals surface area contributed by atoms with Crippen LogP contribution in [-0.2, 0) is 12.4 Å². The number of nitrogens with one attached hydrogen (secondary N) is 2. The lowest BCUT2D eigenvalue weighted by molar-refractivity contribution is -0.138. The number of halogens is 7. The quantitative estimate of drug-likeness (QED) is 0.413. The van der Waals surface area contributed by atoms with Gasteiger partial charge in [0.1, 0.15) is 12.0 Å². The third kappa shape index (κ3) is 4.85. The van der Waals surface area contributed by atoms with Crippen molar-refractivity contribution < 1.29 is 26.3 Å². The molecule has 30 heavy (non-hydrogen) atoms. The maximum Gasteiger partial charge on any atom is 0.416 e. The van der Waals surface area contributed by atoms with E-state index in [0.29, 0.717) is 0 Å². The highest BCUT2D eigenvalue weighted by molar-refractivity contribution is 6.33. The van der Waals surface area contributed by atoms with E-state index < -0.39 is 23.5 Å². The first-order chi connectivity index (χ1) is 13.9. The molecule has 0 fully saturated rings. The highest BCUT2D eigenvalue weighted by Gasteiger charge is 2.31. The second-order valence-corrected chi connectivity index (χ2v) is 6.41. The predicted octanol–water partition coefficient (Wildman–Crippen LogP) is 6.24. The summed E-state index contributed by atoms with van der Waals surface area (Å²) in [5, 5.41) is 5.34. The molecule has 0 saturated heterocycles. The number of hydrogen-bond donors (Lipinski definition) is 3. The first-order valence-corrected chi connectivity index (χ1v) is 8.51. The predicted molar refractivity (Wildman–Crippen MR) is 101 cm³/mol. The Labute approximate surface area is 170 Å². The standard InChI is InChI=1S/C18H12ClF6N5/c19-12-6-3-10(18(23,24)25)7-13(12)30-16-14(26)15(27-8-28-16)29-11-4-1-9(2-5-11)17(20,21)22/h1-8H,26H2,(H2,27,28,29,30). The zero-order valence-electron chi connectivity index (χ0n) is 14.7. The van der Waals surface area contributed by atoms with Crippen LogP contribution in [0.2, 0.25) is 5.02 Å². The van der Waals surface area contributed by atoms with E-state index in [0.717, 1.165) is 36.7 Å². The smallest absolute Gasteiger partial charge is 0.393 e. The molecular formula is C18H12ClF6N5. The number of benzene rings is 2. The van der Waals surface area contributed by atoms with Crippen LogP contribution in [0.3, 0.4) is 0 Å².